The number of ether oxygens (including phenoxy) is 2. The van der Waals surface area contributed by atoms with Crippen LogP contribution in [0.15, 0.2) is 24.3 Å². The molecule has 0 aromatic heterocycles. The number of nitrogens with one attached hydrogen (secondary N) is 1. The average molecular weight is 325 g/mol. The van der Waals surface area contributed by atoms with Gasteiger partial charge in [0.25, 0.3) is 5.91 Å². The fraction of sp³-hybridized carbons (Fsp3) is 0.467. The van der Waals surface area contributed by atoms with Gasteiger partial charge in [0.15, 0.2) is 6.10 Å². The number of anilines is 1. The monoisotopic (exact) mass is 325 g/mol. The van der Waals surface area contributed by atoms with Crippen LogP contribution >= 0.6 is 11.8 Å². The maximum Gasteiger partial charge on any atom is 0.304 e. The zero-order chi connectivity index (χ0) is 15.8. The second-order valence-electron chi connectivity index (χ2n) is 4.82. The van der Waals surface area contributed by atoms with Crippen molar-refractivity contribution in [2.24, 2.45) is 0 Å². The molecule has 1 saturated heterocycles. The van der Waals surface area contributed by atoms with Crippen LogP contribution in [0.1, 0.15) is 12.0 Å². The van der Waals surface area contributed by atoms with E-state index in [2.05, 4.69) is 5.32 Å². The predicted molar refractivity (Wildman–Crippen MR) is 84.0 cm³/mol. The van der Waals surface area contributed by atoms with Crippen LogP contribution in [0.3, 0.4) is 0 Å². The van der Waals surface area contributed by atoms with E-state index in [9.17, 15) is 9.59 Å². The van der Waals surface area contributed by atoms with Crippen molar-refractivity contribution in [3.63, 3.8) is 0 Å². The number of carboxylic acid groups (broad SMARTS) is 1. The summed E-state index contributed by atoms with van der Waals surface area (Å²) in [6.45, 7) is 1.22. The molecule has 0 saturated carbocycles. The number of rotatable bonds is 7. The summed E-state index contributed by atoms with van der Waals surface area (Å²) < 4.78 is 10.6. The standard InChI is InChI=1S/C15H19NO5S/c17-14(18)4-7-22-10-11-2-1-3-12(8-11)16-15(19)13-9-20-5-6-21-13/h1-3,8,13H,4-7,9-10H2,(H,16,19)(H,17,18). The van der Waals surface area contributed by atoms with E-state index in [0.717, 1.165) is 5.56 Å². The van der Waals surface area contributed by atoms with Gasteiger partial charge in [-0.15, -0.1) is 0 Å². The summed E-state index contributed by atoms with van der Waals surface area (Å²) in [5.41, 5.74) is 1.74. The molecule has 7 heteroatoms. The largest absolute Gasteiger partial charge is 0.481 e. The van der Waals surface area contributed by atoms with Crippen LogP contribution in [0.2, 0.25) is 0 Å². The summed E-state index contributed by atoms with van der Waals surface area (Å²) in [6, 6.07) is 7.51. The summed E-state index contributed by atoms with van der Waals surface area (Å²) in [5.74, 6) is 0.276. The number of benzene rings is 1. The third kappa shape index (κ3) is 5.67. The highest BCUT2D eigenvalue weighted by Crippen LogP contribution is 2.18. The second-order valence-corrected chi connectivity index (χ2v) is 5.93. The van der Waals surface area contributed by atoms with Gasteiger partial charge in [0.1, 0.15) is 0 Å². The Hall–Kier alpha value is -1.57. The van der Waals surface area contributed by atoms with Crippen LogP contribution < -0.4 is 5.32 Å². The molecule has 1 aliphatic rings. The molecule has 22 heavy (non-hydrogen) atoms. The van der Waals surface area contributed by atoms with Gasteiger partial charge in [-0.1, -0.05) is 12.1 Å². The summed E-state index contributed by atoms with van der Waals surface area (Å²) >= 11 is 1.55. The summed E-state index contributed by atoms with van der Waals surface area (Å²) in [4.78, 5) is 22.5. The van der Waals surface area contributed by atoms with E-state index in [-0.39, 0.29) is 18.9 Å². The van der Waals surface area contributed by atoms with Crippen LogP contribution in [-0.2, 0) is 24.8 Å². The molecule has 2 rings (SSSR count). The highest BCUT2D eigenvalue weighted by molar-refractivity contribution is 7.98. The molecule has 0 spiro atoms. The molecule has 1 unspecified atom stereocenters. The number of thioether (sulfide) groups is 1. The third-order valence-electron chi connectivity index (χ3n) is 3.03. The molecule has 1 aliphatic heterocycles. The van der Waals surface area contributed by atoms with Crippen molar-refractivity contribution in [2.75, 3.05) is 30.9 Å². The molecule has 0 radical (unpaired) electrons. The van der Waals surface area contributed by atoms with E-state index in [4.69, 9.17) is 14.6 Å². The number of aliphatic carboxylic acids is 1. The number of amides is 1. The summed E-state index contributed by atoms with van der Waals surface area (Å²) in [6.07, 6.45) is -0.414. The molecule has 1 atom stereocenters. The first-order chi connectivity index (χ1) is 10.6. The lowest BCUT2D eigenvalue weighted by Crippen LogP contribution is -2.39. The third-order valence-corrected chi connectivity index (χ3v) is 4.06. The number of carbonyl (C=O) groups is 2. The SMILES string of the molecule is O=C(O)CCSCc1cccc(NC(=O)C2COCCO2)c1. The lowest BCUT2D eigenvalue weighted by atomic mass is 10.2. The molecule has 0 bridgehead atoms. The lowest BCUT2D eigenvalue weighted by Gasteiger charge is -2.22. The van der Waals surface area contributed by atoms with Crippen molar-refractivity contribution in [1.29, 1.82) is 0 Å². The van der Waals surface area contributed by atoms with Crippen LogP contribution in [0.5, 0.6) is 0 Å². The number of hydrogen-bond donors (Lipinski definition) is 2. The van der Waals surface area contributed by atoms with Gasteiger partial charge in [0.05, 0.1) is 26.2 Å². The van der Waals surface area contributed by atoms with Crippen molar-refractivity contribution in [1.82, 2.24) is 0 Å². The van der Waals surface area contributed by atoms with E-state index in [1.54, 1.807) is 11.8 Å². The van der Waals surface area contributed by atoms with Crippen molar-refractivity contribution < 1.29 is 24.2 Å². The van der Waals surface area contributed by atoms with Gasteiger partial charge in [0, 0.05) is 17.2 Å². The molecule has 6 nitrogen and oxygen atoms in total. The number of carbonyl (C=O) groups excluding carboxylic acids is 1. The average Bonchev–Trinajstić information content (AvgIpc) is 2.52. The minimum atomic E-state index is -0.789. The predicted octanol–water partition coefficient (Wildman–Crippen LogP) is 1.75. The lowest BCUT2D eigenvalue weighted by molar-refractivity contribution is -0.142. The smallest absolute Gasteiger partial charge is 0.304 e. The molecule has 2 N–H and O–H groups in total. The molecule has 120 valence electrons. The van der Waals surface area contributed by atoms with E-state index in [1.807, 2.05) is 24.3 Å². The van der Waals surface area contributed by atoms with E-state index < -0.39 is 12.1 Å². The first-order valence-electron chi connectivity index (χ1n) is 7.04. The maximum atomic E-state index is 12.0. The van der Waals surface area contributed by atoms with Crippen LogP contribution in [-0.4, -0.2) is 48.7 Å². The minimum absolute atomic E-state index is 0.153. The Morgan fingerprint density at radius 3 is 2.95 bits per heavy atom. The highest BCUT2D eigenvalue weighted by Gasteiger charge is 2.22. The topological polar surface area (TPSA) is 84.9 Å². The van der Waals surface area contributed by atoms with E-state index >= 15 is 0 Å². The van der Waals surface area contributed by atoms with Gasteiger partial charge in [-0.25, -0.2) is 0 Å². The summed E-state index contributed by atoms with van der Waals surface area (Å²) in [7, 11) is 0. The number of carboxylic acids is 1. The van der Waals surface area contributed by atoms with E-state index in [0.29, 0.717) is 30.4 Å². The molecule has 1 amide bonds. The fourth-order valence-corrected chi connectivity index (χ4v) is 2.83. The van der Waals surface area contributed by atoms with Gasteiger partial charge in [0.2, 0.25) is 0 Å². The molecule has 1 fully saturated rings. The van der Waals surface area contributed by atoms with Gasteiger partial charge in [-0.2, -0.15) is 11.8 Å². The van der Waals surface area contributed by atoms with Gasteiger partial charge in [-0.3, -0.25) is 9.59 Å². The van der Waals surface area contributed by atoms with Crippen molar-refractivity contribution in [3.8, 4) is 0 Å². The Labute approximate surface area is 133 Å². The van der Waals surface area contributed by atoms with E-state index in [1.165, 1.54) is 0 Å². The van der Waals surface area contributed by atoms with Crippen LogP contribution in [0, 0.1) is 0 Å². The minimum Gasteiger partial charge on any atom is -0.481 e. The van der Waals surface area contributed by atoms with Crippen molar-refractivity contribution in [2.45, 2.75) is 18.3 Å². The normalized spacial score (nSPS) is 17.9. The first-order valence-corrected chi connectivity index (χ1v) is 8.19. The second kappa shape index (κ2) is 8.77. The van der Waals surface area contributed by atoms with Crippen molar-refractivity contribution in [3.05, 3.63) is 29.8 Å². The van der Waals surface area contributed by atoms with Gasteiger partial charge < -0.3 is 19.9 Å². The Morgan fingerprint density at radius 1 is 1.36 bits per heavy atom. The zero-order valence-corrected chi connectivity index (χ0v) is 12.9. The highest BCUT2D eigenvalue weighted by atomic mass is 32.2. The molecule has 1 aromatic carbocycles. The molecular weight excluding hydrogens is 306 g/mol. The zero-order valence-electron chi connectivity index (χ0n) is 12.1. The first kappa shape index (κ1) is 16.8. The van der Waals surface area contributed by atoms with Gasteiger partial charge in [-0.05, 0) is 17.7 Å². The van der Waals surface area contributed by atoms with Gasteiger partial charge >= 0.3 is 5.97 Å². The number of hydrogen-bond acceptors (Lipinski definition) is 5. The quantitative estimate of drug-likeness (QED) is 0.743. The Kier molecular flexibility index (Phi) is 6.70. The van der Waals surface area contributed by atoms with Crippen LogP contribution in [0.4, 0.5) is 5.69 Å². The molecule has 0 aliphatic carbocycles. The maximum absolute atomic E-state index is 12.0. The molecular formula is C15H19NO5S. The van der Waals surface area contributed by atoms with Crippen LogP contribution in [0.25, 0.3) is 0 Å². The molecule has 1 heterocycles. The fourth-order valence-electron chi connectivity index (χ4n) is 1.95. The summed E-state index contributed by atoms with van der Waals surface area (Å²) in [5, 5.41) is 11.4. The Morgan fingerprint density at radius 2 is 2.23 bits per heavy atom. The molecule has 1 aromatic rings. The Balaban J connectivity index is 1.82. The Bertz CT molecular complexity index is 516. The van der Waals surface area contributed by atoms with Crippen molar-refractivity contribution >= 4 is 29.3 Å².